The molecule has 3 rings (SSSR count). The molecule has 1 aliphatic heterocycles. The van der Waals surface area contributed by atoms with Gasteiger partial charge in [0, 0.05) is 5.71 Å². The normalized spacial score (nSPS) is 21.3. The highest BCUT2D eigenvalue weighted by Gasteiger charge is 2.27. The highest BCUT2D eigenvalue weighted by Crippen LogP contribution is 2.30. The van der Waals surface area contributed by atoms with E-state index in [0.29, 0.717) is 11.5 Å². The van der Waals surface area contributed by atoms with Crippen molar-refractivity contribution < 1.29 is 14.3 Å². The molecule has 112 valence electrons. The van der Waals surface area contributed by atoms with E-state index in [1.165, 1.54) is 12.8 Å². The van der Waals surface area contributed by atoms with E-state index in [1.807, 2.05) is 18.2 Å². The Morgan fingerprint density at radius 2 is 1.81 bits per heavy atom. The molecule has 1 aliphatic carbocycles. The Bertz CT molecular complexity index is 532. The first kappa shape index (κ1) is 13.9. The summed E-state index contributed by atoms with van der Waals surface area (Å²) >= 11 is 0. The van der Waals surface area contributed by atoms with Crippen LogP contribution in [0.1, 0.15) is 38.5 Å². The molecule has 0 radical (unpaired) electrons. The highest BCUT2D eigenvalue weighted by molar-refractivity contribution is 5.87. The molecule has 1 fully saturated rings. The Morgan fingerprint density at radius 1 is 1.10 bits per heavy atom. The Labute approximate surface area is 124 Å². The SMILES string of the molecule is O=C(NN=C1CCCCCC1)[C@H]1COc2ccccc2O1. The van der Waals surface area contributed by atoms with Gasteiger partial charge < -0.3 is 9.47 Å². The second-order valence-electron chi connectivity index (χ2n) is 5.43. The molecule has 5 nitrogen and oxygen atoms in total. The molecule has 0 bridgehead atoms. The maximum absolute atomic E-state index is 12.1. The summed E-state index contributed by atoms with van der Waals surface area (Å²) in [5, 5.41) is 4.26. The van der Waals surface area contributed by atoms with Gasteiger partial charge in [0.1, 0.15) is 6.61 Å². The summed E-state index contributed by atoms with van der Waals surface area (Å²) in [5.74, 6) is 1.03. The van der Waals surface area contributed by atoms with E-state index in [1.54, 1.807) is 6.07 Å². The fourth-order valence-corrected chi connectivity index (χ4v) is 2.60. The number of benzene rings is 1. The zero-order valence-electron chi connectivity index (χ0n) is 12.0. The predicted molar refractivity (Wildman–Crippen MR) is 79.6 cm³/mol. The van der Waals surface area contributed by atoms with Gasteiger partial charge >= 0.3 is 0 Å². The molecule has 1 atom stereocenters. The number of carbonyl (C=O) groups is 1. The Morgan fingerprint density at radius 3 is 2.57 bits per heavy atom. The van der Waals surface area contributed by atoms with Crippen LogP contribution in [0.4, 0.5) is 0 Å². The molecule has 0 unspecified atom stereocenters. The van der Waals surface area contributed by atoms with Gasteiger partial charge in [0.05, 0.1) is 0 Å². The Kier molecular flexibility index (Phi) is 4.38. The average molecular weight is 288 g/mol. The maximum Gasteiger partial charge on any atom is 0.284 e. The van der Waals surface area contributed by atoms with E-state index in [-0.39, 0.29) is 12.5 Å². The zero-order chi connectivity index (χ0) is 14.5. The van der Waals surface area contributed by atoms with Crippen LogP contribution in [0.25, 0.3) is 0 Å². The molecular formula is C16H20N2O3. The van der Waals surface area contributed by atoms with Crippen molar-refractivity contribution in [3.05, 3.63) is 24.3 Å². The quantitative estimate of drug-likeness (QED) is 0.672. The first-order valence-electron chi connectivity index (χ1n) is 7.57. The van der Waals surface area contributed by atoms with Crippen LogP contribution in [-0.4, -0.2) is 24.3 Å². The number of fused-ring (bicyclic) bond motifs is 1. The van der Waals surface area contributed by atoms with Crippen molar-refractivity contribution in [2.24, 2.45) is 5.10 Å². The largest absolute Gasteiger partial charge is 0.485 e. The van der Waals surface area contributed by atoms with E-state index < -0.39 is 6.10 Å². The van der Waals surface area contributed by atoms with E-state index in [4.69, 9.17) is 9.47 Å². The van der Waals surface area contributed by atoms with Gasteiger partial charge in [0.15, 0.2) is 11.5 Å². The summed E-state index contributed by atoms with van der Waals surface area (Å²) in [5.41, 5.74) is 3.71. The standard InChI is InChI=1S/C16H20N2O3/c19-16(18-17-12-7-3-1-2-4-8-12)15-11-20-13-9-5-6-10-14(13)21-15/h5-6,9-10,15H,1-4,7-8,11H2,(H,18,19)/t15-/m1/s1. The summed E-state index contributed by atoms with van der Waals surface area (Å²) in [6, 6.07) is 7.36. The molecule has 1 amide bonds. The number of ether oxygens (including phenoxy) is 2. The van der Waals surface area contributed by atoms with Crippen LogP contribution in [0.3, 0.4) is 0 Å². The van der Waals surface area contributed by atoms with Gasteiger partial charge in [0.25, 0.3) is 5.91 Å². The third kappa shape index (κ3) is 3.54. The van der Waals surface area contributed by atoms with E-state index in [9.17, 15) is 4.79 Å². The second-order valence-corrected chi connectivity index (χ2v) is 5.43. The molecule has 1 heterocycles. The minimum Gasteiger partial charge on any atom is -0.485 e. The summed E-state index contributed by atoms with van der Waals surface area (Å²) in [4.78, 5) is 12.1. The zero-order valence-corrected chi connectivity index (χ0v) is 12.0. The van der Waals surface area contributed by atoms with Gasteiger partial charge in [-0.2, -0.15) is 5.10 Å². The molecule has 0 aromatic heterocycles. The Hall–Kier alpha value is -2.04. The van der Waals surface area contributed by atoms with Crippen LogP contribution >= 0.6 is 0 Å². The van der Waals surface area contributed by atoms with Crippen LogP contribution in [0.2, 0.25) is 0 Å². The lowest BCUT2D eigenvalue weighted by Gasteiger charge is -2.24. The number of hydrazone groups is 1. The number of rotatable bonds is 2. The number of hydrogen-bond donors (Lipinski definition) is 1. The van der Waals surface area contributed by atoms with Crippen molar-refractivity contribution in [2.75, 3.05) is 6.61 Å². The van der Waals surface area contributed by atoms with Gasteiger partial charge in [-0.05, 0) is 37.8 Å². The van der Waals surface area contributed by atoms with Gasteiger partial charge in [0.2, 0.25) is 6.10 Å². The summed E-state index contributed by atoms with van der Waals surface area (Å²) in [7, 11) is 0. The lowest BCUT2D eigenvalue weighted by atomic mass is 10.2. The summed E-state index contributed by atoms with van der Waals surface area (Å²) in [6.07, 6.45) is 6.13. The van der Waals surface area contributed by atoms with Gasteiger partial charge in [-0.3, -0.25) is 4.79 Å². The number of para-hydroxylation sites is 2. The lowest BCUT2D eigenvalue weighted by molar-refractivity contribution is -0.130. The fourth-order valence-electron chi connectivity index (χ4n) is 2.60. The topological polar surface area (TPSA) is 59.9 Å². The number of hydrogen-bond acceptors (Lipinski definition) is 4. The molecule has 1 aromatic carbocycles. The van der Waals surface area contributed by atoms with Crippen molar-refractivity contribution in [1.29, 1.82) is 0 Å². The highest BCUT2D eigenvalue weighted by atomic mass is 16.6. The van der Waals surface area contributed by atoms with Gasteiger partial charge in [-0.25, -0.2) is 5.43 Å². The van der Waals surface area contributed by atoms with Crippen LogP contribution in [0.15, 0.2) is 29.4 Å². The van der Waals surface area contributed by atoms with E-state index in [2.05, 4.69) is 10.5 Å². The molecule has 1 saturated carbocycles. The van der Waals surface area contributed by atoms with Crippen molar-refractivity contribution >= 4 is 11.6 Å². The first-order chi connectivity index (χ1) is 10.3. The minimum absolute atomic E-state index is 0.216. The minimum atomic E-state index is -0.643. The second kappa shape index (κ2) is 6.61. The smallest absolute Gasteiger partial charge is 0.284 e. The Balaban J connectivity index is 1.58. The molecule has 0 saturated heterocycles. The first-order valence-corrected chi connectivity index (χ1v) is 7.57. The van der Waals surface area contributed by atoms with E-state index in [0.717, 1.165) is 31.4 Å². The van der Waals surface area contributed by atoms with Crippen LogP contribution < -0.4 is 14.9 Å². The van der Waals surface area contributed by atoms with Crippen molar-refractivity contribution in [1.82, 2.24) is 5.43 Å². The number of nitrogens with zero attached hydrogens (tertiary/aromatic N) is 1. The predicted octanol–water partition coefficient (Wildman–Crippen LogP) is 2.65. The number of nitrogens with one attached hydrogen (secondary N) is 1. The van der Waals surface area contributed by atoms with Crippen LogP contribution in [0, 0.1) is 0 Å². The van der Waals surface area contributed by atoms with E-state index >= 15 is 0 Å². The molecule has 2 aliphatic rings. The van der Waals surface area contributed by atoms with Crippen molar-refractivity contribution in [2.45, 2.75) is 44.6 Å². The summed E-state index contributed by atoms with van der Waals surface area (Å²) in [6.45, 7) is 0.216. The fraction of sp³-hybridized carbons (Fsp3) is 0.500. The molecule has 1 N–H and O–H groups in total. The maximum atomic E-state index is 12.1. The molecule has 0 spiro atoms. The molecule has 1 aromatic rings. The van der Waals surface area contributed by atoms with Crippen LogP contribution in [0.5, 0.6) is 11.5 Å². The molecular weight excluding hydrogens is 268 g/mol. The van der Waals surface area contributed by atoms with Crippen LogP contribution in [-0.2, 0) is 4.79 Å². The molecule has 21 heavy (non-hydrogen) atoms. The number of carbonyl (C=O) groups excluding carboxylic acids is 1. The van der Waals surface area contributed by atoms with Gasteiger partial charge in [-0.15, -0.1) is 0 Å². The lowest BCUT2D eigenvalue weighted by Crippen LogP contribution is -2.42. The molecule has 5 heteroatoms. The number of amides is 1. The monoisotopic (exact) mass is 288 g/mol. The summed E-state index contributed by atoms with van der Waals surface area (Å²) < 4.78 is 11.2. The third-order valence-corrected chi connectivity index (χ3v) is 3.81. The van der Waals surface area contributed by atoms with Gasteiger partial charge in [-0.1, -0.05) is 25.0 Å². The van der Waals surface area contributed by atoms with Crippen molar-refractivity contribution in [3.8, 4) is 11.5 Å². The third-order valence-electron chi connectivity index (χ3n) is 3.81. The van der Waals surface area contributed by atoms with Crippen molar-refractivity contribution in [3.63, 3.8) is 0 Å². The average Bonchev–Trinajstić information content (AvgIpc) is 2.81.